The number of hydrogen-bond acceptors (Lipinski definition) is 4. The number of nitrogens with zero attached hydrogens (tertiary/aromatic N) is 2. The zero-order valence-corrected chi connectivity index (χ0v) is 12.9. The summed E-state index contributed by atoms with van der Waals surface area (Å²) in [6, 6.07) is 0. The molecule has 0 atom stereocenters. The van der Waals surface area contributed by atoms with Gasteiger partial charge in [0.15, 0.2) is 5.13 Å². The SMILES string of the molecule is C=C(Br)CNCc1sc(N(C)C)nc1C.Cl. The maximum Gasteiger partial charge on any atom is 0.185 e. The number of rotatable bonds is 5. The molecule has 0 aromatic carbocycles. The van der Waals surface area contributed by atoms with Crippen LogP contribution in [-0.2, 0) is 6.54 Å². The fourth-order valence-corrected chi connectivity index (χ4v) is 2.23. The molecule has 1 aromatic rings. The van der Waals surface area contributed by atoms with Gasteiger partial charge in [0.05, 0.1) is 5.69 Å². The minimum Gasteiger partial charge on any atom is -0.354 e. The van der Waals surface area contributed by atoms with Gasteiger partial charge in [0.25, 0.3) is 0 Å². The molecule has 0 radical (unpaired) electrons. The monoisotopic (exact) mass is 325 g/mol. The Labute approximate surface area is 115 Å². The first-order valence-electron chi connectivity index (χ1n) is 4.68. The second-order valence-electron chi connectivity index (χ2n) is 3.52. The van der Waals surface area contributed by atoms with Crippen LogP contribution in [0.3, 0.4) is 0 Å². The Morgan fingerprint density at radius 1 is 1.56 bits per heavy atom. The highest BCUT2D eigenvalue weighted by atomic mass is 79.9. The number of aromatic nitrogens is 1. The predicted molar refractivity (Wildman–Crippen MR) is 78.2 cm³/mol. The average molecular weight is 327 g/mol. The average Bonchev–Trinajstić information content (AvgIpc) is 2.47. The van der Waals surface area contributed by atoms with E-state index in [2.05, 4.69) is 32.8 Å². The van der Waals surface area contributed by atoms with E-state index < -0.39 is 0 Å². The Morgan fingerprint density at radius 3 is 2.62 bits per heavy atom. The van der Waals surface area contributed by atoms with Crippen molar-refractivity contribution in [3.8, 4) is 0 Å². The van der Waals surface area contributed by atoms with Gasteiger partial charge in [-0.1, -0.05) is 22.5 Å². The first kappa shape index (κ1) is 15.9. The quantitative estimate of drug-likeness (QED) is 0.902. The summed E-state index contributed by atoms with van der Waals surface area (Å²) < 4.78 is 0.970. The molecule has 0 spiro atoms. The Morgan fingerprint density at radius 2 is 2.19 bits per heavy atom. The van der Waals surface area contributed by atoms with Crippen LogP contribution < -0.4 is 10.2 Å². The topological polar surface area (TPSA) is 28.2 Å². The zero-order valence-electron chi connectivity index (χ0n) is 9.71. The minimum absolute atomic E-state index is 0. The van der Waals surface area contributed by atoms with Crippen LogP contribution in [-0.4, -0.2) is 25.6 Å². The molecule has 0 amide bonds. The molecule has 1 aromatic heterocycles. The largest absolute Gasteiger partial charge is 0.354 e. The van der Waals surface area contributed by atoms with E-state index in [1.165, 1.54) is 4.88 Å². The molecule has 0 unspecified atom stereocenters. The molecular formula is C10H17BrClN3S. The lowest BCUT2D eigenvalue weighted by Crippen LogP contribution is -2.14. The van der Waals surface area contributed by atoms with E-state index in [9.17, 15) is 0 Å². The van der Waals surface area contributed by atoms with Gasteiger partial charge in [-0.05, 0) is 6.92 Å². The molecule has 0 aliphatic rings. The fourth-order valence-electron chi connectivity index (χ4n) is 1.08. The third-order valence-electron chi connectivity index (χ3n) is 1.87. The summed E-state index contributed by atoms with van der Waals surface area (Å²) in [6.45, 7) is 7.46. The lowest BCUT2D eigenvalue weighted by molar-refractivity contribution is 0.761. The van der Waals surface area contributed by atoms with Crippen LogP contribution in [0.25, 0.3) is 0 Å². The van der Waals surface area contributed by atoms with Crippen molar-refractivity contribution in [3.63, 3.8) is 0 Å². The molecule has 1 heterocycles. The van der Waals surface area contributed by atoms with Crippen molar-refractivity contribution in [2.75, 3.05) is 25.5 Å². The molecule has 1 N–H and O–H groups in total. The third kappa shape index (κ3) is 4.82. The Bertz CT molecular complexity index is 352. The summed E-state index contributed by atoms with van der Waals surface area (Å²) in [5.41, 5.74) is 1.11. The molecule has 0 aliphatic carbocycles. The minimum atomic E-state index is 0. The zero-order chi connectivity index (χ0) is 11.4. The van der Waals surface area contributed by atoms with Crippen molar-refractivity contribution >= 4 is 44.8 Å². The molecule has 6 heteroatoms. The molecule has 0 saturated heterocycles. The van der Waals surface area contributed by atoms with Gasteiger partial charge in [0, 0.05) is 36.5 Å². The fraction of sp³-hybridized carbons (Fsp3) is 0.500. The summed E-state index contributed by atoms with van der Waals surface area (Å²) in [4.78, 5) is 7.80. The van der Waals surface area contributed by atoms with Gasteiger partial charge < -0.3 is 10.2 Å². The number of thiazole rings is 1. The van der Waals surface area contributed by atoms with Crippen LogP contribution in [0.1, 0.15) is 10.6 Å². The van der Waals surface area contributed by atoms with Crippen LogP contribution in [0.4, 0.5) is 5.13 Å². The van der Waals surface area contributed by atoms with Crippen molar-refractivity contribution in [3.05, 3.63) is 21.6 Å². The van der Waals surface area contributed by atoms with E-state index in [-0.39, 0.29) is 12.4 Å². The molecular weight excluding hydrogens is 310 g/mol. The predicted octanol–water partition coefficient (Wildman–Crippen LogP) is 2.94. The molecule has 92 valence electrons. The van der Waals surface area contributed by atoms with E-state index in [1.807, 2.05) is 25.9 Å². The number of aryl methyl sites for hydroxylation is 1. The number of halogens is 2. The van der Waals surface area contributed by atoms with Crippen molar-refractivity contribution < 1.29 is 0 Å². The highest BCUT2D eigenvalue weighted by Gasteiger charge is 2.08. The Kier molecular flexibility index (Phi) is 7.22. The molecule has 3 nitrogen and oxygen atoms in total. The Hall–Kier alpha value is -0.100. The van der Waals surface area contributed by atoms with E-state index in [0.717, 1.165) is 28.4 Å². The smallest absolute Gasteiger partial charge is 0.185 e. The normalized spacial score (nSPS) is 9.75. The second kappa shape index (κ2) is 7.27. The van der Waals surface area contributed by atoms with Crippen molar-refractivity contribution in [1.29, 1.82) is 0 Å². The summed E-state index contributed by atoms with van der Waals surface area (Å²) in [5, 5.41) is 4.36. The number of hydrogen-bond donors (Lipinski definition) is 1. The summed E-state index contributed by atoms with van der Waals surface area (Å²) in [6.07, 6.45) is 0. The van der Waals surface area contributed by atoms with Gasteiger partial charge in [0.1, 0.15) is 0 Å². The van der Waals surface area contributed by atoms with Crippen molar-refractivity contribution in [2.45, 2.75) is 13.5 Å². The lowest BCUT2D eigenvalue weighted by atomic mass is 10.4. The lowest BCUT2D eigenvalue weighted by Gasteiger charge is -2.05. The van der Waals surface area contributed by atoms with Gasteiger partial charge in [0.2, 0.25) is 0 Å². The van der Waals surface area contributed by atoms with Gasteiger partial charge in [-0.2, -0.15) is 0 Å². The number of anilines is 1. The van der Waals surface area contributed by atoms with E-state index >= 15 is 0 Å². The highest BCUT2D eigenvalue weighted by Crippen LogP contribution is 2.24. The molecule has 0 saturated carbocycles. The van der Waals surface area contributed by atoms with Gasteiger partial charge in [-0.25, -0.2) is 4.98 Å². The van der Waals surface area contributed by atoms with E-state index in [0.29, 0.717) is 0 Å². The van der Waals surface area contributed by atoms with Gasteiger partial charge in [-0.15, -0.1) is 23.7 Å². The van der Waals surface area contributed by atoms with Crippen LogP contribution in [0.2, 0.25) is 0 Å². The standard InChI is InChI=1S/C10H16BrN3S.ClH/c1-7(11)5-12-6-9-8(2)13-10(15-9)14(3)4;/h12H,1,5-6H2,2-4H3;1H. The highest BCUT2D eigenvalue weighted by molar-refractivity contribution is 9.11. The molecule has 1 rings (SSSR count). The first-order chi connectivity index (χ1) is 7.00. The first-order valence-corrected chi connectivity index (χ1v) is 6.29. The summed E-state index contributed by atoms with van der Waals surface area (Å²) in [7, 11) is 4.02. The van der Waals surface area contributed by atoms with Crippen molar-refractivity contribution in [1.82, 2.24) is 10.3 Å². The second-order valence-corrected chi connectivity index (χ2v) is 5.70. The maximum atomic E-state index is 4.48. The van der Waals surface area contributed by atoms with E-state index in [4.69, 9.17) is 0 Å². The van der Waals surface area contributed by atoms with E-state index in [1.54, 1.807) is 11.3 Å². The Balaban J connectivity index is 0.00000225. The van der Waals surface area contributed by atoms with Gasteiger partial charge >= 0.3 is 0 Å². The summed E-state index contributed by atoms with van der Waals surface area (Å²) >= 11 is 5.04. The molecule has 16 heavy (non-hydrogen) atoms. The van der Waals surface area contributed by atoms with Crippen LogP contribution in [0.15, 0.2) is 11.1 Å². The van der Waals surface area contributed by atoms with Gasteiger partial charge in [-0.3, -0.25) is 0 Å². The third-order valence-corrected chi connectivity index (χ3v) is 3.47. The summed E-state index contributed by atoms with van der Waals surface area (Å²) in [5.74, 6) is 0. The molecule has 0 fully saturated rings. The maximum absolute atomic E-state index is 4.48. The molecule has 0 bridgehead atoms. The van der Waals surface area contributed by atoms with Crippen LogP contribution in [0, 0.1) is 6.92 Å². The number of nitrogens with one attached hydrogen (secondary N) is 1. The molecule has 0 aliphatic heterocycles. The van der Waals surface area contributed by atoms with Crippen LogP contribution >= 0.6 is 39.7 Å². The van der Waals surface area contributed by atoms with Crippen LogP contribution in [0.5, 0.6) is 0 Å². The van der Waals surface area contributed by atoms with Crippen molar-refractivity contribution in [2.24, 2.45) is 0 Å².